The minimum Gasteiger partial charge on any atom is -0.449 e. The van der Waals surface area contributed by atoms with Crippen LogP contribution in [0.5, 0.6) is 0 Å². The predicted octanol–water partition coefficient (Wildman–Crippen LogP) is 2.80. The van der Waals surface area contributed by atoms with E-state index in [4.69, 9.17) is 4.74 Å². The quantitative estimate of drug-likeness (QED) is 0.667. The molecule has 0 spiro atoms. The maximum Gasteiger partial charge on any atom is 0.341 e. The number of nitrogens with zero attached hydrogens (tertiary/aromatic N) is 1. The van der Waals surface area contributed by atoms with Gasteiger partial charge in [0.05, 0.1) is 5.56 Å². The van der Waals surface area contributed by atoms with Gasteiger partial charge in [-0.2, -0.15) is 0 Å². The number of thioether (sulfide) groups is 1. The SMILES string of the molecule is CSc1ncccc1C(=O)O[C@H](C)C(=O)NC1CCCCC1. The van der Waals surface area contributed by atoms with Crippen LogP contribution in [0.25, 0.3) is 0 Å². The number of aromatic nitrogens is 1. The van der Waals surface area contributed by atoms with E-state index in [1.54, 1.807) is 25.3 Å². The number of nitrogens with one attached hydrogen (secondary N) is 1. The molecule has 1 N–H and O–H groups in total. The van der Waals surface area contributed by atoms with Crippen molar-refractivity contribution in [3.63, 3.8) is 0 Å². The number of amides is 1. The minimum absolute atomic E-state index is 0.211. The summed E-state index contributed by atoms with van der Waals surface area (Å²) in [6, 6.07) is 3.55. The van der Waals surface area contributed by atoms with Crippen LogP contribution >= 0.6 is 11.8 Å². The highest BCUT2D eigenvalue weighted by atomic mass is 32.2. The summed E-state index contributed by atoms with van der Waals surface area (Å²) in [5, 5.41) is 3.57. The number of carbonyl (C=O) groups excluding carboxylic acids is 2. The van der Waals surface area contributed by atoms with Gasteiger partial charge in [0, 0.05) is 12.2 Å². The maximum atomic E-state index is 12.2. The van der Waals surface area contributed by atoms with Crippen LogP contribution in [0.2, 0.25) is 0 Å². The van der Waals surface area contributed by atoms with Gasteiger partial charge in [-0.05, 0) is 38.2 Å². The molecule has 1 atom stereocenters. The number of carbonyl (C=O) groups is 2. The molecule has 6 heteroatoms. The minimum atomic E-state index is -0.802. The molecule has 0 bridgehead atoms. The van der Waals surface area contributed by atoms with Crippen molar-refractivity contribution in [1.29, 1.82) is 0 Å². The Morgan fingerprint density at radius 2 is 2.09 bits per heavy atom. The first-order chi connectivity index (χ1) is 10.6. The van der Waals surface area contributed by atoms with Crippen molar-refractivity contribution in [1.82, 2.24) is 10.3 Å². The Balaban J connectivity index is 1.91. The fourth-order valence-corrected chi connectivity index (χ4v) is 3.09. The number of hydrogen-bond acceptors (Lipinski definition) is 5. The fraction of sp³-hybridized carbons (Fsp3) is 0.562. The fourth-order valence-electron chi connectivity index (χ4n) is 2.55. The van der Waals surface area contributed by atoms with E-state index in [0.29, 0.717) is 10.6 Å². The van der Waals surface area contributed by atoms with Crippen LogP contribution in [0.1, 0.15) is 49.4 Å². The van der Waals surface area contributed by atoms with E-state index in [1.807, 2.05) is 6.26 Å². The van der Waals surface area contributed by atoms with Gasteiger partial charge in [-0.25, -0.2) is 9.78 Å². The average molecular weight is 322 g/mol. The topological polar surface area (TPSA) is 68.3 Å². The first kappa shape index (κ1) is 16.8. The number of hydrogen-bond donors (Lipinski definition) is 1. The second kappa shape index (κ2) is 8.17. The highest BCUT2D eigenvalue weighted by molar-refractivity contribution is 7.98. The molecule has 0 unspecified atom stereocenters. The lowest BCUT2D eigenvalue weighted by molar-refractivity contribution is -0.130. The summed E-state index contributed by atoms with van der Waals surface area (Å²) in [6.07, 6.45) is 8.20. The summed E-state index contributed by atoms with van der Waals surface area (Å²) in [6.45, 7) is 1.60. The number of esters is 1. The Kier molecular flexibility index (Phi) is 6.24. The number of rotatable bonds is 5. The van der Waals surface area contributed by atoms with Crippen molar-refractivity contribution < 1.29 is 14.3 Å². The zero-order chi connectivity index (χ0) is 15.9. The number of ether oxygens (including phenoxy) is 1. The summed E-state index contributed by atoms with van der Waals surface area (Å²) in [7, 11) is 0. The van der Waals surface area contributed by atoms with Crippen LogP contribution in [0.15, 0.2) is 23.4 Å². The van der Waals surface area contributed by atoms with Crippen LogP contribution in [0.4, 0.5) is 0 Å². The van der Waals surface area contributed by atoms with Gasteiger partial charge in [-0.3, -0.25) is 4.79 Å². The van der Waals surface area contributed by atoms with Crippen molar-refractivity contribution in [2.24, 2.45) is 0 Å². The smallest absolute Gasteiger partial charge is 0.341 e. The Labute approximate surface area is 135 Å². The van der Waals surface area contributed by atoms with Crippen LogP contribution in [0, 0.1) is 0 Å². The molecular weight excluding hydrogens is 300 g/mol. The molecule has 1 heterocycles. The van der Waals surface area contributed by atoms with Gasteiger partial charge in [0.15, 0.2) is 6.10 Å². The Bertz CT molecular complexity index is 530. The average Bonchev–Trinajstić information content (AvgIpc) is 2.55. The monoisotopic (exact) mass is 322 g/mol. The molecule has 1 aromatic heterocycles. The normalized spacial score (nSPS) is 16.8. The molecule has 2 rings (SSSR count). The van der Waals surface area contributed by atoms with Crippen LogP contribution in [-0.4, -0.2) is 35.3 Å². The van der Waals surface area contributed by atoms with Crippen molar-refractivity contribution in [3.8, 4) is 0 Å². The van der Waals surface area contributed by atoms with Crippen LogP contribution in [0.3, 0.4) is 0 Å². The molecule has 120 valence electrons. The molecule has 1 aliphatic carbocycles. The standard InChI is InChI=1S/C16H22N2O3S/c1-11(14(19)18-12-7-4-3-5-8-12)21-16(20)13-9-6-10-17-15(13)22-2/h6,9-12H,3-5,7-8H2,1-2H3,(H,18,19)/t11-/m1/s1. The van der Waals surface area contributed by atoms with Gasteiger partial charge in [0.1, 0.15) is 5.03 Å². The largest absolute Gasteiger partial charge is 0.449 e. The Morgan fingerprint density at radius 1 is 1.36 bits per heavy atom. The second-order valence-electron chi connectivity index (χ2n) is 5.45. The third-order valence-electron chi connectivity index (χ3n) is 3.79. The maximum absolute atomic E-state index is 12.2. The van der Waals surface area contributed by atoms with Crippen molar-refractivity contribution in [2.45, 2.75) is 56.2 Å². The van der Waals surface area contributed by atoms with Gasteiger partial charge in [-0.15, -0.1) is 11.8 Å². The molecule has 1 aromatic rings. The van der Waals surface area contributed by atoms with Gasteiger partial charge in [0.2, 0.25) is 0 Å². The highest BCUT2D eigenvalue weighted by Gasteiger charge is 2.23. The zero-order valence-corrected chi connectivity index (χ0v) is 13.8. The van der Waals surface area contributed by atoms with Gasteiger partial charge >= 0.3 is 5.97 Å². The van der Waals surface area contributed by atoms with E-state index in [2.05, 4.69) is 10.3 Å². The summed E-state index contributed by atoms with van der Waals surface area (Å²) >= 11 is 1.38. The Morgan fingerprint density at radius 3 is 2.77 bits per heavy atom. The highest BCUT2D eigenvalue weighted by Crippen LogP contribution is 2.19. The first-order valence-electron chi connectivity index (χ1n) is 7.62. The molecule has 22 heavy (non-hydrogen) atoms. The summed E-state index contributed by atoms with van der Waals surface area (Å²) < 4.78 is 5.28. The second-order valence-corrected chi connectivity index (χ2v) is 6.25. The number of pyridine rings is 1. The third-order valence-corrected chi connectivity index (χ3v) is 4.50. The van der Waals surface area contributed by atoms with E-state index in [-0.39, 0.29) is 11.9 Å². The van der Waals surface area contributed by atoms with Crippen molar-refractivity contribution >= 4 is 23.6 Å². The zero-order valence-electron chi connectivity index (χ0n) is 13.0. The molecule has 1 saturated carbocycles. The van der Waals surface area contributed by atoms with Crippen molar-refractivity contribution in [2.75, 3.05) is 6.26 Å². The van der Waals surface area contributed by atoms with Gasteiger partial charge in [0.25, 0.3) is 5.91 Å². The van der Waals surface area contributed by atoms with Gasteiger partial charge < -0.3 is 10.1 Å². The molecule has 0 aliphatic heterocycles. The molecule has 1 fully saturated rings. The molecule has 0 aromatic carbocycles. The van der Waals surface area contributed by atoms with E-state index >= 15 is 0 Å². The van der Waals surface area contributed by atoms with E-state index in [0.717, 1.165) is 25.7 Å². The lowest BCUT2D eigenvalue weighted by atomic mass is 9.95. The van der Waals surface area contributed by atoms with Crippen LogP contribution < -0.4 is 5.32 Å². The summed E-state index contributed by atoms with van der Waals surface area (Å²) in [5.41, 5.74) is 0.396. The van der Waals surface area contributed by atoms with E-state index in [1.165, 1.54) is 18.2 Å². The lowest BCUT2D eigenvalue weighted by Gasteiger charge is -2.24. The third kappa shape index (κ3) is 4.47. The van der Waals surface area contributed by atoms with E-state index < -0.39 is 12.1 Å². The van der Waals surface area contributed by atoms with Crippen LogP contribution in [-0.2, 0) is 9.53 Å². The Hall–Kier alpha value is -1.56. The molecule has 0 radical (unpaired) electrons. The molecular formula is C16H22N2O3S. The predicted molar refractivity (Wildman–Crippen MR) is 85.9 cm³/mol. The van der Waals surface area contributed by atoms with E-state index in [9.17, 15) is 9.59 Å². The first-order valence-corrected chi connectivity index (χ1v) is 8.84. The lowest BCUT2D eigenvalue weighted by Crippen LogP contribution is -2.42. The molecule has 5 nitrogen and oxygen atoms in total. The summed E-state index contributed by atoms with van der Waals surface area (Å²) in [5.74, 6) is -0.737. The van der Waals surface area contributed by atoms with Gasteiger partial charge in [-0.1, -0.05) is 19.3 Å². The summed E-state index contributed by atoms with van der Waals surface area (Å²) in [4.78, 5) is 28.4. The van der Waals surface area contributed by atoms with Crippen molar-refractivity contribution in [3.05, 3.63) is 23.9 Å². The molecule has 1 amide bonds. The molecule has 1 aliphatic rings. The molecule has 0 saturated heterocycles.